The molecule has 5 heteroatoms. The van der Waals surface area contributed by atoms with Gasteiger partial charge >= 0.3 is 0 Å². The molecule has 0 amide bonds. The summed E-state index contributed by atoms with van der Waals surface area (Å²) in [6, 6.07) is 7.37. The van der Waals surface area contributed by atoms with Crippen molar-refractivity contribution in [3.8, 4) is 0 Å². The molecule has 4 nitrogen and oxygen atoms in total. The van der Waals surface area contributed by atoms with Gasteiger partial charge in [-0.15, -0.1) is 0 Å². The van der Waals surface area contributed by atoms with Crippen molar-refractivity contribution in [1.29, 1.82) is 0 Å². The third kappa shape index (κ3) is 3.28. The minimum atomic E-state index is -3.41. The Morgan fingerprint density at radius 1 is 1.21 bits per heavy atom. The Labute approximate surface area is 115 Å². The lowest BCUT2D eigenvalue weighted by molar-refractivity contribution is 0.481. The Morgan fingerprint density at radius 3 is 2.47 bits per heavy atom. The normalized spacial score (nSPS) is 18.4. The Morgan fingerprint density at radius 2 is 1.84 bits per heavy atom. The van der Waals surface area contributed by atoms with E-state index in [2.05, 4.69) is 17.0 Å². The standard InChI is InChI=1S/C14H22N2O2S/c1-11(12-7-3-4-8-12)16-13-9-5-6-10-14(13)19(17,18)15-2/h5-6,9-12,15-16H,3-4,7-8H2,1-2H3. The van der Waals surface area contributed by atoms with Crippen molar-refractivity contribution in [2.75, 3.05) is 12.4 Å². The quantitative estimate of drug-likeness (QED) is 0.872. The average molecular weight is 282 g/mol. The molecule has 1 aliphatic rings. The summed E-state index contributed by atoms with van der Waals surface area (Å²) in [6.45, 7) is 2.14. The van der Waals surface area contributed by atoms with E-state index in [0.29, 0.717) is 22.5 Å². The van der Waals surface area contributed by atoms with E-state index in [1.165, 1.54) is 32.7 Å². The number of para-hydroxylation sites is 1. The number of hydrogen-bond acceptors (Lipinski definition) is 3. The van der Waals surface area contributed by atoms with Crippen LogP contribution in [0.5, 0.6) is 0 Å². The smallest absolute Gasteiger partial charge is 0.242 e. The highest BCUT2D eigenvalue weighted by Gasteiger charge is 2.23. The van der Waals surface area contributed by atoms with E-state index < -0.39 is 10.0 Å². The number of sulfonamides is 1. The van der Waals surface area contributed by atoms with E-state index in [9.17, 15) is 8.42 Å². The van der Waals surface area contributed by atoms with Crippen molar-refractivity contribution in [2.24, 2.45) is 5.92 Å². The van der Waals surface area contributed by atoms with Gasteiger partial charge in [0.15, 0.2) is 0 Å². The van der Waals surface area contributed by atoms with Gasteiger partial charge in [0, 0.05) is 6.04 Å². The van der Waals surface area contributed by atoms with Gasteiger partial charge in [0.05, 0.1) is 5.69 Å². The van der Waals surface area contributed by atoms with E-state index >= 15 is 0 Å². The highest BCUT2D eigenvalue weighted by Crippen LogP contribution is 2.30. The fourth-order valence-corrected chi connectivity index (χ4v) is 3.64. The Bertz CT molecular complexity index is 522. The zero-order chi connectivity index (χ0) is 13.9. The van der Waals surface area contributed by atoms with Crippen LogP contribution >= 0.6 is 0 Å². The largest absolute Gasteiger partial charge is 0.381 e. The molecular formula is C14H22N2O2S. The van der Waals surface area contributed by atoms with Gasteiger partial charge in [-0.2, -0.15) is 0 Å². The Hall–Kier alpha value is -1.07. The summed E-state index contributed by atoms with van der Waals surface area (Å²) >= 11 is 0. The van der Waals surface area contributed by atoms with Crippen molar-refractivity contribution >= 4 is 15.7 Å². The van der Waals surface area contributed by atoms with Crippen molar-refractivity contribution in [2.45, 2.75) is 43.5 Å². The van der Waals surface area contributed by atoms with Gasteiger partial charge in [-0.3, -0.25) is 0 Å². The fraction of sp³-hybridized carbons (Fsp3) is 0.571. The van der Waals surface area contributed by atoms with Gasteiger partial charge in [0.1, 0.15) is 4.90 Å². The second-order valence-corrected chi connectivity index (χ2v) is 7.04. The van der Waals surface area contributed by atoms with Crippen molar-refractivity contribution in [3.63, 3.8) is 0 Å². The molecule has 1 aromatic carbocycles. The van der Waals surface area contributed by atoms with E-state index in [1.807, 2.05) is 12.1 Å². The molecule has 0 aromatic heterocycles. The molecular weight excluding hydrogens is 260 g/mol. The molecule has 1 aromatic rings. The van der Waals surface area contributed by atoms with Gasteiger partial charge < -0.3 is 5.32 Å². The van der Waals surface area contributed by atoms with E-state index in [1.54, 1.807) is 12.1 Å². The SMILES string of the molecule is CNS(=O)(=O)c1ccccc1NC(C)C1CCCC1. The van der Waals surface area contributed by atoms with Crippen LogP contribution in [-0.2, 0) is 10.0 Å². The number of hydrogen-bond donors (Lipinski definition) is 2. The first-order chi connectivity index (χ1) is 9.04. The summed E-state index contributed by atoms with van der Waals surface area (Å²) in [5, 5.41) is 3.37. The van der Waals surface area contributed by atoms with E-state index in [4.69, 9.17) is 0 Å². The molecule has 1 saturated carbocycles. The predicted molar refractivity (Wildman–Crippen MR) is 77.7 cm³/mol. The summed E-state index contributed by atoms with van der Waals surface area (Å²) < 4.78 is 26.3. The highest BCUT2D eigenvalue weighted by atomic mass is 32.2. The summed E-state index contributed by atoms with van der Waals surface area (Å²) in [7, 11) is -1.97. The number of benzene rings is 1. The first-order valence-corrected chi connectivity index (χ1v) is 8.32. The lowest BCUT2D eigenvalue weighted by atomic mass is 9.99. The molecule has 2 N–H and O–H groups in total. The van der Waals surface area contributed by atoms with Crippen molar-refractivity contribution in [3.05, 3.63) is 24.3 Å². The monoisotopic (exact) mass is 282 g/mol. The molecule has 2 rings (SSSR count). The molecule has 0 bridgehead atoms. The van der Waals surface area contributed by atoms with Crippen LogP contribution in [-0.4, -0.2) is 21.5 Å². The van der Waals surface area contributed by atoms with Gasteiger partial charge in [-0.25, -0.2) is 13.1 Å². The summed E-state index contributed by atoms with van der Waals surface area (Å²) in [6.07, 6.45) is 5.03. The molecule has 1 aliphatic carbocycles. The molecule has 1 fully saturated rings. The van der Waals surface area contributed by atoms with Crippen LogP contribution in [0.25, 0.3) is 0 Å². The van der Waals surface area contributed by atoms with Crippen LogP contribution in [0.1, 0.15) is 32.6 Å². The van der Waals surface area contributed by atoms with Crippen LogP contribution in [0, 0.1) is 5.92 Å². The lowest BCUT2D eigenvalue weighted by Crippen LogP contribution is -2.26. The second-order valence-electron chi connectivity index (χ2n) is 5.18. The third-order valence-electron chi connectivity index (χ3n) is 3.94. The van der Waals surface area contributed by atoms with Gasteiger partial charge in [-0.1, -0.05) is 25.0 Å². The maximum atomic E-state index is 12.0. The van der Waals surface area contributed by atoms with Gasteiger partial charge in [0.2, 0.25) is 10.0 Å². The molecule has 1 unspecified atom stereocenters. The zero-order valence-electron chi connectivity index (χ0n) is 11.5. The summed E-state index contributed by atoms with van der Waals surface area (Å²) in [4.78, 5) is 0.322. The number of nitrogens with one attached hydrogen (secondary N) is 2. The minimum Gasteiger partial charge on any atom is -0.381 e. The Balaban J connectivity index is 2.20. The Kier molecular flexibility index (Phi) is 4.47. The topological polar surface area (TPSA) is 58.2 Å². The van der Waals surface area contributed by atoms with Crippen LogP contribution < -0.4 is 10.0 Å². The van der Waals surface area contributed by atoms with Gasteiger partial charge in [-0.05, 0) is 44.9 Å². The van der Waals surface area contributed by atoms with Crippen LogP contribution in [0.4, 0.5) is 5.69 Å². The molecule has 0 saturated heterocycles. The maximum absolute atomic E-state index is 12.0. The second kappa shape index (κ2) is 5.92. The molecule has 0 aliphatic heterocycles. The predicted octanol–water partition coefficient (Wildman–Crippen LogP) is 2.59. The summed E-state index contributed by atoms with van der Waals surface area (Å²) in [5.41, 5.74) is 0.691. The third-order valence-corrected chi connectivity index (χ3v) is 5.41. The highest BCUT2D eigenvalue weighted by molar-refractivity contribution is 7.89. The molecule has 0 spiro atoms. The molecule has 0 heterocycles. The fourth-order valence-electron chi connectivity index (χ4n) is 2.75. The molecule has 19 heavy (non-hydrogen) atoms. The van der Waals surface area contributed by atoms with Crippen LogP contribution in [0.15, 0.2) is 29.2 Å². The molecule has 0 radical (unpaired) electrons. The van der Waals surface area contributed by atoms with E-state index in [-0.39, 0.29) is 0 Å². The van der Waals surface area contributed by atoms with Gasteiger partial charge in [0.25, 0.3) is 0 Å². The van der Waals surface area contributed by atoms with Crippen LogP contribution in [0.3, 0.4) is 0 Å². The minimum absolute atomic E-state index is 0.302. The first-order valence-electron chi connectivity index (χ1n) is 6.83. The lowest BCUT2D eigenvalue weighted by Gasteiger charge is -2.23. The maximum Gasteiger partial charge on any atom is 0.242 e. The number of rotatable bonds is 5. The molecule has 106 valence electrons. The average Bonchev–Trinajstić information content (AvgIpc) is 2.93. The molecule has 1 atom stereocenters. The van der Waals surface area contributed by atoms with E-state index in [0.717, 1.165) is 0 Å². The number of anilines is 1. The first kappa shape index (κ1) is 14.3. The van der Waals surface area contributed by atoms with Crippen molar-refractivity contribution in [1.82, 2.24) is 4.72 Å². The van der Waals surface area contributed by atoms with Crippen molar-refractivity contribution < 1.29 is 8.42 Å². The van der Waals surface area contributed by atoms with Crippen LogP contribution in [0.2, 0.25) is 0 Å². The zero-order valence-corrected chi connectivity index (χ0v) is 12.3. The summed E-state index contributed by atoms with van der Waals surface area (Å²) in [5.74, 6) is 0.644.